The van der Waals surface area contributed by atoms with E-state index in [4.69, 9.17) is 9.31 Å². The molecule has 3 aliphatic heterocycles. The minimum atomic E-state index is -0.536. The molecule has 0 atom stereocenters. The Morgan fingerprint density at radius 3 is 1.09 bits per heavy atom. The fourth-order valence-electron chi connectivity index (χ4n) is 18.2. The van der Waals surface area contributed by atoms with Gasteiger partial charge in [0.15, 0.2) is 0 Å². The van der Waals surface area contributed by atoms with E-state index in [1.165, 1.54) is 122 Å². The maximum atomic E-state index is 5.06. The minimum Gasteiger partial charge on any atom is -0.410 e. The van der Waals surface area contributed by atoms with Crippen LogP contribution in [-0.2, 0) is 20.1 Å². The Labute approximate surface area is 658 Å². The molecule has 21 rings (SSSR count). The first-order valence-corrected chi connectivity index (χ1v) is 39.0. The van der Waals surface area contributed by atoms with Crippen LogP contribution in [0.2, 0.25) is 0 Å². The van der Waals surface area contributed by atoms with E-state index in [0.29, 0.717) is 0 Å². The minimum absolute atomic E-state index is 0.0594. The van der Waals surface area contributed by atoms with Gasteiger partial charge in [0.1, 0.15) is 0 Å². The molecule has 6 nitrogen and oxygen atoms in total. The highest BCUT2D eigenvalue weighted by Crippen LogP contribution is 2.61. The maximum Gasteiger partial charge on any atom is 0.493 e. The SMILES string of the molecule is Brc1ccc(-n2c3ccccc3c3ccccc32)cc1N1c2ccccc2C(c2ccccc2)(c2ccccc2)c2cccc(Br)c21.COB(OC)c1ccccc1.c1ccc(B2c3ccc(-n4c5ccccc5c5ccccc54)cc3N3c4ccccc4C(c4ccccc4)(c4ccccc4)c4cccc2c43)cc1. The van der Waals surface area contributed by atoms with Crippen molar-refractivity contribution in [3.8, 4) is 11.4 Å². The van der Waals surface area contributed by atoms with Crippen LogP contribution in [0.4, 0.5) is 34.1 Å². The van der Waals surface area contributed by atoms with Gasteiger partial charge in [0.25, 0.3) is 0 Å². The zero-order valence-electron chi connectivity index (χ0n) is 60.6. The molecule has 0 radical (unpaired) electrons. The Kier molecular flexibility index (Phi) is 17.8. The first-order valence-electron chi connectivity index (χ1n) is 37.4. The van der Waals surface area contributed by atoms with Crippen LogP contribution in [0, 0.1) is 0 Å². The van der Waals surface area contributed by atoms with Crippen LogP contribution in [0.25, 0.3) is 55.0 Å². The lowest BCUT2D eigenvalue weighted by atomic mass is 9.34. The molecule has 0 unspecified atom stereocenters. The van der Waals surface area contributed by atoms with Gasteiger partial charge >= 0.3 is 7.12 Å². The van der Waals surface area contributed by atoms with Crippen molar-refractivity contribution in [1.29, 1.82) is 0 Å². The van der Waals surface area contributed by atoms with Gasteiger partial charge in [0.2, 0.25) is 6.71 Å². The Morgan fingerprint density at radius 2 is 0.636 bits per heavy atom. The van der Waals surface area contributed by atoms with E-state index in [-0.39, 0.29) is 13.8 Å². The van der Waals surface area contributed by atoms with Gasteiger partial charge in [-0.2, -0.15) is 0 Å². The monoisotopic (exact) mass is 1540 g/mol. The van der Waals surface area contributed by atoms with Crippen molar-refractivity contribution in [2.45, 2.75) is 10.8 Å². The third-order valence-electron chi connectivity index (χ3n) is 22.6. The number of rotatable bonds is 11. The lowest BCUT2D eigenvalue weighted by molar-refractivity contribution is 0.292. The van der Waals surface area contributed by atoms with Crippen molar-refractivity contribution in [3.05, 3.63) is 454 Å². The lowest BCUT2D eigenvalue weighted by Gasteiger charge is -2.50. The Balaban J connectivity index is 0.000000131. The van der Waals surface area contributed by atoms with Crippen LogP contribution in [0.15, 0.2) is 409 Å². The first-order chi connectivity index (χ1) is 54.4. The summed E-state index contributed by atoms with van der Waals surface area (Å²) in [5.74, 6) is 0. The second-order valence-electron chi connectivity index (χ2n) is 28.2. The third kappa shape index (κ3) is 11.0. The van der Waals surface area contributed by atoms with Crippen LogP contribution in [0.5, 0.6) is 0 Å². The van der Waals surface area contributed by atoms with Crippen molar-refractivity contribution in [2.24, 2.45) is 0 Å². The molecule has 5 heterocycles. The predicted octanol–water partition coefficient (Wildman–Crippen LogP) is 22.9. The lowest BCUT2D eigenvalue weighted by Crippen LogP contribution is -2.59. The molecule has 0 N–H and O–H groups in total. The average molecular weight is 1540 g/mol. The van der Waals surface area contributed by atoms with E-state index < -0.39 is 10.8 Å². The van der Waals surface area contributed by atoms with Crippen molar-refractivity contribution < 1.29 is 9.31 Å². The quantitative estimate of drug-likeness (QED) is 0.121. The van der Waals surface area contributed by atoms with E-state index in [1.807, 2.05) is 30.3 Å². The number of fused-ring (bicyclic) bond motifs is 12. The molecule has 16 aromatic carbocycles. The fourth-order valence-corrected chi connectivity index (χ4v) is 19.2. The molecule has 2 aromatic heterocycles. The molecule has 0 fully saturated rings. The van der Waals surface area contributed by atoms with Gasteiger partial charge in [0.05, 0.1) is 55.6 Å². The topological polar surface area (TPSA) is 34.8 Å². The van der Waals surface area contributed by atoms with E-state index in [1.54, 1.807) is 14.2 Å². The third-order valence-corrected chi connectivity index (χ3v) is 23.9. The van der Waals surface area contributed by atoms with Gasteiger partial charge in [-0.25, -0.2) is 0 Å². The fraction of sp³-hybridized carbons (Fsp3) is 0.0400. The highest BCUT2D eigenvalue weighted by Gasteiger charge is 2.51. The molecule has 0 aliphatic carbocycles. The zero-order chi connectivity index (χ0) is 73.9. The van der Waals surface area contributed by atoms with Gasteiger partial charge in [0, 0.05) is 67.5 Å². The summed E-state index contributed by atoms with van der Waals surface area (Å²) in [5, 5.41) is 5.04. The summed E-state index contributed by atoms with van der Waals surface area (Å²) in [7, 11) is 3.01. The second-order valence-corrected chi connectivity index (χ2v) is 29.9. The molecule has 3 aliphatic rings. The van der Waals surface area contributed by atoms with Crippen LogP contribution in [0.1, 0.15) is 44.5 Å². The number of nitrogens with zero attached hydrogens (tertiary/aromatic N) is 4. The van der Waals surface area contributed by atoms with Crippen molar-refractivity contribution in [3.63, 3.8) is 0 Å². The van der Waals surface area contributed by atoms with Gasteiger partial charge in [-0.05, 0) is 166 Å². The Bertz CT molecular complexity index is 6270. The van der Waals surface area contributed by atoms with Gasteiger partial charge < -0.3 is 28.2 Å². The average Bonchev–Trinajstić information content (AvgIpc) is 0.827. The number of benzene rings is 16. The van der Waals surface area contributed by atoms with Gasteiger partial charge in [-0.1, -0.05) is 333 Å². The number of para-hydroxylation sites is 8. The van der Waals surface area contributed by atoms with Gasteiger partial charge in [-0.15, -0.1) is 0 Å². The molecular weight excluding hydrogens is 1470 g/mol. The molecule has 10 heteroatoms. The second kappa shape index (κ2) is 28.7. The van der Waals surface area contributed by atoms with E-state index in [9.17, 15) is 0 Å². The summed E-state index contributed by atoms with van der Waals surface area (Å²) in [5.41, 5.74) is 28.0. The molecule has 524 valence electrons. The number of hydrogen-bond acceptors (Lipinski definition) is 4. The number of aromatic nitrogens is 2. The zero-order valence-corrected chi connectivity index (χ0v) is 63.8. The molecule has 0 spiro atoms. The van der Waals surface area contributed by atoms with Crippen LogP contribution in [0.3, 0.4) is 0 Å². The maximum absolute atomic E-state index is 5.06. The molecule has 110 heavy (non-hydrogen) atoms. The summed E-state index contributed by atoms with van der Waals surface area (Å²) < 4.78 is 17.0. The largest absolute Gasteiger partial charge is 0.493 e. The number of halogens is 2. The molecule has 0 amide bonds. The summed E-state index contributed by atoms with van der Waals surface area (Å²) in [6.07, 6.45) is 0. The Hall–Kier alpha value is -12.3. The van der Waals surface area contributed by atoms with E-state index in [2.05, 4.69) is 421 Å². The van der Waals surface area contributed by atoms with Crippen molar-refractivity contribution >= 4 is 145 Å². The standard InChI is InChI=1S/C49H33BN2.C43H28Br2N2.C8H11BO2/c1-4-17-34(18-5-1)49(35-19-6-2-7-20-35)40-25-12-15-30-46(40)52-47-33-37(51-44-28-13-10-23-38(44)39-24-11-14-29-45(39)51)31-32-42(47)50(36-21-8-3-9-22-36)43-27-16-26-41(49)48(43)52;44-36-27-26-31(46-38-23-10-7-18-32(38)33-19-8-11-24-39(33)46)28-41(36)47-40-25-12-9-20-34(40)43(29-14-3-1-4-15-29,30-16-5-2-6-17-30)35-21-13-22-37(45)42(35)47;1-10-9(11-2)8-6-4-3-5-7-8/h1-33H;1-28H;3-7H,1-2H3. The molecule has 0 bridgehead atoms. The number of hydrogen-bond donors (Lipinski definition) is 0. The molecule has 0 saturated carbocycles. The Morgan fingerprint density at radius 1 is 0.282 bits per heavy atom. The van der Waals surface area contributed by atoms with Crippen LogP contribution >= 0.6 is 31.9 Å². The van der Waals surface area contributed by atoms with E-state index in [0.717, 1.165) is 42.8 Å². The predicted molar refractivity (Wildman–Crippen MR) is 467 cm³/mol. The van der Waals surface area contributed by atoms with Gasteiger partial charge in [-0.3, -0.25) is 0 Å². The summed E-state index contributed by atoms with van der Waals surface area (Å²) in [6.45, 7) is 0.0594. The number of anilines is 6. The molecule has 18 aromatic rings. The smallest absolute Gasteiger partial charge is 0.410 e. The summed E-state index contributed by atoms with van der Waals surface area (Å²) >= 11 is 8.06. The molecule has 0 saturated heterocycles. The normalized spacial score (nSPS) is 13.3. The van der Waals surface area contributed by atoms with Crippen molar-refractivity contribution in [2.75, 3.05) is 24.0 Å². The highest BCUT2D eigenvalue weighted by molar-refractivity contribution is 9.11. The highest BCUT2D eigenvalue weighted by atomic mass is 79.9. The first kappa shape index (κ1) is 68.3. The van der Waals surface area contributed by atoms with Crippen molar-refractivity contribution in [1.82, 2.24) is 9.13 Å². The van der Waals surface area contributed by atoms with Crippen LogP contribution in [-0.4, -0.2) is 37.2 Å². The summed E-state index contributed by atoms with van der Waals surface area (Å²) in [6, 6.07) is 145. The summed E-state index contributed by atoms with van der Waals surface area (Å²) in [4.78, 5) is 5.01. The van der Waals surface area contributed by atoms with Crippen LogP contribution < -0.4 is 31.7 Å². The molecular formula is C100H72B2Br2N4O2. The van der Waals surface area contributed by atoms with E-state index >= 15 is 0 Å².